The van der Waals surface area contributed by atoms with Crippen molar-refractivity contribution in [3.63, 3.8) is 0 Å². The van der Waals surface area contributed by atoms with Gasteiger partial charge in [0.15, 0.2) is 5.16 Å². The molecule has 0 unspecified atom stereocenters. The Kier molecular flexibility index (Phi) is 4.30. The van der Waals surface area contributed by atoms with E-state index < -0.39 is 0 Å². The van der Waals surface area contributed by atoms with Crippen molar-refractivity contribution in [1.29, 1.82) is 0 Å². The summed E-state index contributed by atoms with van der Waals surface area (Å²) in [7, 11) is 1.33. The maximum absolute atomic E-state index is 12.6. The standard InChI is InChI=1S/C14H12N2O4S2/c1-19-11(17)8-22-14-15-10-4-6-21-12(10)13(18)16(14)7-9-3-2-5-20-9/h2-6H,7-8H2,1H3. The highest BCUT2D eigenvalue weighted by atomic mass is 32.2. The van der Waals surface area contributed by atoms with E-state index >= 15 is 0 Å². The number of ether oxygens (including phenoxy) is 1. The number of thiophene rings is 1. The molecule has 0 aliphatic rings. The van der Waals surface area contributed by atoms with Crippen molar-refractivity contribution >= 4 is 39.3 Å². The van der Waals surface area contributed by atoms with Crippen molar-refractivity contribution in [2.45, 2.75) is 11.7 Å². The minimum absolute atomic E-state index is 0.0940. The lowest BCUT2D eigenvalue weighted by atomic mass is 10.4. The monoisotopic (exact) mass is 336 g/mol. The quantitative estimate of drug-likeness (QED) is 0.404. The molecule has 6 nitrogen and oxygen atoms in total. The molecule has 114 valence electrons. The van der Waals surface area contributed by atoms with Gasteiger partial charge in [0, 0.05) is 0 Å². The number of esters is 1. The molecule has 22 heavy (non-hydrogen) atoms. The minimum Gasteiger partial charge on any atom is -0.468 e. The van der Waals surface area contributed by atoms with Crippen molar-refractivity contribution in [3.05, 3.63) is 46.0 Å². The molecule has 8 heteroatoms. The van der Waals surface area contributed by atoms with Crippen LogP contribution in [0.4, 0.5) is 0 Å². The van der Waals surface area contributed by atoms with Gasteiger partial charge < -0.3 is 9.15 Å². The molecule has 0 aliphatic heterocycles. The van der Waals surface area contributed by atoms with Gasteiger partial charge in [-0.25, -0.2) is 4.98 Å². The van der Waals surface area contributed by atoms with Crippen LogP contribution in [-0.4, -0.2) is 28.4 Å². The first kappa shape index (κ1) is 14.9. The predicted molar refractivity (Wildman–Crippen MR) is 84.4 cm³/mol. The molecular formula is C14H12N2O4S2. The highest BCUT2D eigenvalue weighted by molar-refractivity contribution is 7.99. The summed E-state index contributed by atoms with van der Waals surface area (Å²) in [5.41, 5.74) is 0.502. The molecule has 0 amide bonds. The van der Waals surface area contributed by atoms with E-state index in [0.29, 0.717) is 21.1 Å². The van der Waals surface area contributed by atoms with Gasteiger partial charge in [0.1, 0.15) is 10.5 Å². The van der Waals surface area contributed by atoms with E-state index in [0.717, 1.165) is 0 Å². The molecular weight excluding hydrogens is 324 g/mol. The number of fused-ring (bicyclic) bond motifs is 1. The van der Waals surface area contributed by atoms with Gasteiger partial charge in [-0.3, -0.25) is 14.2 Å². The van der Waals surface area contributed by atoms with Gasteiger partial charge in [-0.2, -0.15) is 0 Å². The fourth-order valence-corrected chi connectivity index (χ4v) is 3.52. The molecule has 3 aromatic rings. The maximum Gasteiger partial charge on any atom is 0.316 e. The number of furan rings is 1. The number of hydrogen-bond acceptors (Lipinski definition) is 7. The summed E-state index contributed by atoms with van der Waals surface area (Å²) in [6.07, 6.45) is 1.55. The Hall–Kier alpha value is -2.06. The second-order valence-electron chi connectivity index (χ2n) is 4.36. The Balaban J connectivity index is 2.03. The first-order valence-electron chi connectivity index (χ1n) is 6.39. The van der Waals surface area contributed by atoms with Crippen LogP contribution in [0.1, 0.15) is 5.76 Å². The average Bonchev–Trinajstić information content (AvgIpc) is 3.19. The summed E-state index contributed by atoms with van der Waals surface area (Å²) in [6.45, 7) is 0.274. The third kappa shape index (κ3) is 2.93. The number of carbonyl (C=O) groups excluding carboxylic acids is 1. The number of methoxy groups -OCH3 is 1. The predicted octanol–water partition coefficient (Wildman–Crippen LogP) is 2.36. The summed E-state index contributed by atoms with van der Waals surface area (Å²) < 4.78 is 12.0. The molecule has 3 heterocycles. The summed E-state index contributed by atoms with van der Waals surface area (Å²) in [6, 6.07) is 5.35. The summed E-state index contributed by atoms with van der Waals surface area (Å²) >= 11 is 2.53. The van der Waals surface area contributed by atoms with Crippen molar-refractivity contribution in [1.82, 2.24) is 9.55 Å². The highest BCUT2D eigenvalue weighted by Gasteiger charge is 2.15. The second-order valence-corrected chi connectivity index (χ2v) is 6.22. The van der Waals surface area contributed by atoms with E-state index in [1.54, 1.807) is 24.5 Å². The molecule has 0 aliphatic carbocycles. The lowest BCUT2D eigenvalue weighted by Crippen LogP contribution is -2.23. The molecule has 0 spiro atoms. The van der Waals surface area contributed by atoms with Crippen LogP contribution < -0.4 is 5.56 Å². The van der Waals surface area contributed by atoms with E-state index in [1.807, 2.05) is 5.38 Å². The number of rotatable bonds is 5. The molecule has 0 fully saturated rings. The van der Waals surface area contributed by atoms with Crippen LogP contribution >= 0.6 is 23.1 Å². The zero-order valence-corrected chi connectivity index (χ0v) is 13.3. The molecule has 0 atom stereocenters. The molecule has 0 saturated carbocycles. The number of hydrogen-bond donors (Lipinski definition) is 0. The third-order valence-electron chi connectivity index (χ3n) is 2.97. The van der Waals surface area contributed by atoms with Gasteiger partial charge in [0.25, 0.3) is 5.56 Å². The summed E-state index contributed by atoms with van der Waals surface area (Å²) in [4.78, 5) is 28.4. The Morgan fingerprint density at radius 2 is 2.36 bits per heavy atom. The fourth-order valence-electron chi connectivity index (χ4n) is 1.91. The van der Waals surface area contributed by atoms with Crippen LogP contribution in [0.25, 0.3) is 10.2 Å². The van der Waals surface area contributed by atoms with Crippen molar-refractivity contribution in [2.75, 3.05) is 12.9 Å². The van der Waals surface area contributed by atoms with E-state index in [4.69, 9.17) is 4.42 Å². The zero-order chi connectivity index (χ0) is 15.5. The van der Waals surface area contributed by atoms with Crippen LogP contribution in [0, 0.1) is 0 Å². The smallest absolute Gasteiger partial charge is 0.316 e. The lowest BCUT2D eigenvalue weighted by molar-refractivity contribution is -0.137. The largest absolute Gasteiger partial charge is 0.468 e. The minimum atomic E-state index is -0.366. The zero-order valence-electron chi connectivity index (χ0n) is 11.6. The Morgan fingerprint density at radius 1 is 1.50 bits per heavy atom. The number of carbonyl (C=O) groups is 1. The first-order chi connectivity index (χ1) is 10.7. The van der Waals surface area contributed by atoms with Crippen molar-refractivity contribution < 1.29 is 13.9 Å². The van der Waals surface area contributed by atoms with Gasteiger partial charge in [-0.15, -0.1) is 11.3 Å². The van der Waals surface area contributed by atoms with Crippen molar-refractivity contribution in [2.24, 2.45) is 0 Å². The molecule has 0 bridgehead atoms. The average molecular weight is 336 g/mol. The highest BCUT2D eigenvalue weighted by Crippen LogP contribution is 2.21. The summed E-state index contributed by atoms with van der Waals surface area (Å²) in [5.74, 6) is 0.380. The Labute approximate surface area is 133 Å². The normalized spacial score (nSPS) is 11.0. The van der Waals surface area contributed by atoms with Crippen LogP contribution in [0.5, 0.6) is 0 Å². The van der Waals surface area contributed by atoms with Gasteiger partial charge in [0.05, 0.1) is 31.2 Å². The molecule has 3 aromatic heterocycles. The molecule has 0 saturated heterocycles. The topological polar surface area (TPSA) is 74.3 Å². The van der Waals surface area contributed by atoms with Gasteiger partial charge in [0.2, 0.25) is 0 Å². The lowest BCUT2D eigenvalue weighted by Gasteiger charge is -2.10. The molecule has 0 N–H and O–H groups in total. The van der Waals surface area contributed by atoms with Crippen LogP contribution in [0.2, 0.25) is 0 Å². The Bertz CT molecular complexity index is 851. The van der Waals surface area contributed by atoms with Crippen LogP contribution in [-0.2, 0) is 16.1 Å². The van der Waals surface area contributed by atoms with Crippen LogP contribution in [0.15, 0.2) is 44.2 Å². The van der Waals surface area contributed by atoms with E-state index in [1.165, 1.54) is 34.8 Å². The summed E-state index contributed by atoms with van der Waals surface area (Å²) in [5, 5.41) is 2.29. The molecule has 0 aromatic carbocycles. The van der Waals surface area contributed by atoms with E-state index in [-0.39, 0.29) is 23.8 Å². The van der Waals surface area contributed by atoms with Gasteiger partial charge in [-0.05, 0) is 23.6 Å². The number of nitrogens with zero attached hydrogens (tertiary/aromatic N) is 2. The third-order valence-corrected chi connectivity index (χ3v) is 4.81. The number of aromatic nitrogens is 2. The van der Waals surface area contributed by atoms with E-state index in [2.05, 4.69) is 9.72 Å². The maximum atomic E-state index is 12.6. The van der Waals surface area contributed by atoms with Gasteiger partial charge in [-0.1, -0.05) is 11.8 Å². The molecule has 0 radical (unpaired) electrons. The molecule has 3 rings (SSSR count). The second kappa shape index (κ2) is 6.37. The SMILES string of the molecule is COC(=O)CSc1nc2ccsc2c(=O)n1Cc1ccco1. The first-order valence-corrected chi connectivity index (χ1v) is 8.25. The van der Waals surface area contributed by atoms with Crippen molar-refractivity contribution in [3.8, 4) is 0 Å². The fraction of sp³-hybridized carbons (Fsp3) is 0.214. The number of thioether (sulfide) groups is 1. The van der Waals surface area contributed by atoms with Crippen LogP contribution in [0.3, 0.4) is 0 Å². The Morgan fingerprint density at radius 3 is 3.09 bits per heavy atom. The van der Waals surface area contributed by atoms with Gasteiger partial charge >= 0.3 is 5.97 Å². The van der Waals surface area contributed by atoms with E-state index in [9.17, 15) is 9.59 Å².